The Morgan fingerprint density at radius 1 is 1.08 bits per heavy atom. The van der Waals surface area contributed by atoms with Crippen LogP contribution in [0, 0.1) is 12.7 Å². The van der Waals surface area contributed by atoms with Gasteiger partial charge in [0.15, 0.2) is 6.10 Å². The van der Waals surface area contributed by atoms with Gasteiger partial charge in [-0.05, 0) is 60.7 Å². The summed E-state index contributed by atoms with van der Waals surface area (Å²) in [5.41, 5.74) is 12.3. The van der Waals surface area contributed by atoms with Gasteiger partial charge in [0.1, 0.15) is 5.82 Å². The summed E-state index contributed by atoms with van der Waals surface area (Å²) in [6.07, 6.45) is 4.37. The smallest absolute Gasteiger partial charge is 0.254 e. The van der Waals surface area contributed by atoms with Crippen LogP contribution in [0.5, 0.6) is 0 Å². The molecule has 3 heterocycles. The van der Waals surface area contributed by atoms with Crippen LogP contribution >= 0.6 is 0 Å². The summed E-state index contributed by atoms with van der Waals surface area (Å²) in [7, 11) is 0. The van der Waals surface area contributed by atoms with Crippen molar-refractivity contribution in [3.8, 4) is 11.1 Å². The standard InChI is InChI=1S/C30H27FN6O2/c1-18-28-26(35-30(32)34-18)12-21(24-10-9-22(31)14-25(24)20-8-5-11-33-15-20)13-27(28)36-39-23-16-37(17-23)29(38)19-6-3-2-4-7-19/h2-11,14-15,21,23H,12-13,16-17H2,1H3,(H2,32,34,35). The lowest BCUT2D eigenvalue weighted by Crippen LogP contribution is -2.54. The fourth-order valence-corrected chi connectivity index (χ4v) is 5.35. The molecule has 0 radical (unpaired) electrons. The van der Waals surface area contributed by atoms with Crippen molar-refractivity contribution in [2.75, 3.05) is 18.8 Å². The number of likely N-dealkylation sites (tertiary alicyclic amines) is 1. The Morgan fingerprint density at radius 3 is 2.67 bits per heavy atom. The second-order valence-electron chi connectivity index (χ2n) is 9.91. The van der Waals surface area contributed by atoms with E-state index in [9.17, 15) is 9.18 Å². The Kier molecular flexibility index (Phi) is 6.48. The van der Waals surface area contributed by atoms with Crippen LogP contribution in [0.2, 0.25) is 0 Å². The van der Waals surface area contributed by atoms with Gasteiger partial charge in [-0.3, -0.25) is 9.78 Å². The van der Waals surface area contributed by atoms with E-state index in [1.54, 1.807) is 35.5 Å². The van der Waals surface area contributed by atoms with Gasteiger partial charge in [-0.15, -0.1) is 0 Å². The molecule has 9 heteroatoms. The number of anilines is 1. The topological polar surface area (TPSA) is 107 Å². The van der Waals surface area contributed by atoms with Crippen LogP contribution < -0.4 is 5.73 Å². The lowest BCUT2D eigenvalue weighted by Gasteiger charge is -2.37. The quantitative estimate of drug-likeness (QED) is 0.386. The highest BCUT2D eigenvalue weighted by atomic mass is 19.1. The summed E-state index contributed by atoms with van der Waals surface area (Å²) in [6, 6.07) is 17.8. The van der Waals surface area contributed by atoms with Gasteiger partial charge in [-0.2, -0.15) is 0 Å². The third-order valence-corrected chi connectivity index (χ3v) is 7.25. The maximum Gasteiger partial charge on any atom is 0.254 e. The number of carbonyl (C=O) groups is 1. The minimum Gasteiger partial charge on any atom is -0.388 e. The molecule has 6 rings (SSSR count). The van der Waals surface area contributed by atoms with Crippen molar-refractivity contribution in [1.82, 2.24) is 19.9 Å². The number of aromatic nitrogens is 3. The lowest BCUT2D eigenvalue weighted by atomic mass is 9.78. The van der Waals surface area contributed by atoms with Gasteiger partial charge in [0.25, 0.3) is 5.91 Å². The molecular formula is C30H27FN6O2. The second-order valence-corrected chi connectivity index (χ2v) is 9.91. The SMILES string of the molecule is Cc1nc(N)nc2c1C(=NOC1CN(C(=O)c3ccccc3)C1)CC(c1ccc(F)cc1-c1cccnc1)C2. The van der Waals surface area contributed by atoms with Gasteiger partial charge in [-0.1, -0.05) is 35.5 Å². The van der Waals surface area contributed by atoms with Gasteiger partial charge < -0.3 is 15.5 Å². The average molecular weight is 523 g/mol. The van der Waals surface area contributed by atoms with Gasteiger partial charge in [-0.25, -0.2) is 14.4 Å². The second kappa shape index (κ2) is 10.2. The number of nitrogens with two attached hydrogens (primary N) is 1. The Bertz CT molecular complexity index is 1550. The predicted molar refractivity (Wildman–Crippen MR) is 146 cm³/mol. The van der Waals surface area contributed by atoms with Gasteiger partial charge >= 0.3 is 0 Å². The van der Waals surface area contributed by atoms with Crippen LogP contribution in [0.4, 0.5) is 10.3 Å². The van der Waals surface area contributed by atoms with E-state index in [4.69, 9.17) is 10.6 Å². The van der Waals surface area contributed by atoms with Crippen molar-refractivity contribution < 1.29 is 14.0 Å². The first-order valence-corrected chi connectivity index (χ1v) is 12.9. The molecule has 0 bridgehead atoms. The number of pyridine rings is 1. The number of amides is 1. The molecule has 2 aromatic carbocycles. The highest BCUT2D eigenvalue weighted by Crippen LogP contribution is 2.38. The first-order valence-electron chi connectivity index (χ1n) is 12.9. The number of hydrogen-bond acceptors (Lipinski definition) is 7. The molecule has 2 aliphatic rings. The fourth-order valence-electron chi connectivity index (χ4n) is 5.35. The zero-order valence-electron chi connectivity index (χ0n) is 21.4. The van der Waals surface area contributed by atoms with Crippen molar-refractivity contribution in [1.29, 1.82) is 0 Å². The highest BCUT2D eigenvalue weighted by Gasteiger charge is 2.35. The molecule has 2 aromatic heterocycles. The molecular weight excluding hydrogens is 495 g/mol. The number of nitrogen functional groups attached to an aromatic ring is 1. The molecule has 4 aromatic rings. The minimum absolute atomic E-state index is 0.0230. The van der Waals surface area contributed by atoms with Crippen LogP contribution in [0.1, 0.15) is 45.2 Å². The summed E-state index contributed by atoms with van der Waals surface area (Å²) in [6.45, 7) is 2.80. The van der Waals surface area contributed by atoms with E-state index < -0.39 is 0 Å². The average Bonchev–Trinajstić information content (AvgIpc) is 2.92. The van der Waals surface area contributed by atoms with E-state index in [2.05, 4.69) is 20.1 Å². The van der Waals surface area contributed by atoms with Crippen LogP contribution in [0.15, 0.2) is 78.2 Å². The number of rotatable bonds is 5. The van der Waals surface area contributed by atoms with Crippen LogP contribution in [-0.2, 0) is 11.3 Å². The highest BCUT2D eigenvalue weighted by molar-refractivity contribution is 6.03. The van der Waals surface area contributed by atoms with E-state index in [-0.39, 0.29) is 29.7 Å². The van der Waals surface area contributed by atoms with Crippen molar-refractivity contribution in [3.63, 3.8) is 0 Å². The maximum atomic E-state index is 14.3. The van der Waals surface area contributed by atoms with Crippen molar-refractivity contribution in [3.05, 3.63) is 107 Å². The number of carbonyl (C=O) groups excluding carboxylic acids is 1. The molecule has 39 heavy (non-hydrogen) atoms. The number of hydrogen-bond donors (Lipinski definition) is 1. The molecule has 1 fully saturated rings. The Balaban J connectivity index is 1.27. The summed E-state index contributed by atoms with van der Waals surface area (Å²) in [4.78, 5) is 33.5. The van der Waals surface area contributed by atoms with Gasteiger partial charge in [0.2, 0.25) is 5.95 Å². The largest absolute Gasteiger partial charge is 0.388 e. The summed E-state index contributed by atoms with van der Waals surface area (Å²) in [5.74, 6) is -0.173. The van der Waals surface area contributed by atoms with Crippen molar-refractivity contribution >= 4 is 17.6 Å². The first-order chi connectivity index (χ1) is 19.0. The van der Waals surface area contributed by atoms with Crippen LogP contribution in [-0.4, -0.2) is 50.7 Å². The molecule has 1 unspecified atom stereocenters. The van der Waals surface area contributed by atoms with E-state index in [0.717, 1.165) is 33.6 Å². The molecule has 1 saturated heterocycles. The zero-order chi connectivity index (χ0) is 26.9. The molecule has 196 valence electrons. The van der Waals surface area contributed by atoms with E-state index in [1.165, 1.54) is 6.07 Å². The fraction of sp³-hybridized carbons (Fsp3) is 0.233. The predicted octanol–water partition coefficient (Wildman–Crippen LogP) is 4.54. The molecule has 1 aliphatic heterocycles. The maximum absolute atomic E-state index is 14.3. The molecule has 0 spiro atoms. The number of aryl methyl sites for hydroxylation is 1. The van der Waals surface area contributed by atoms with Gasteiger partial charge in [0, 0.05) is 35.5 Å². The Morgan fingerprint density at radius 2 is 1.90 bits per heavy atom. The van der Waals surface area contributed by atoms with Crippen LogP contribution in [0.3, 0.4) is 0 Å². The number of nitrogens with zero attached hydrogens (tertiary/aromatic N) is 5. The molecule has 2 N–H and O–H groups in total. The van der Waals surface area contributed by atoms with E-state index in [0.29, 0.717) is 37.2 Å². The number of fused-ring (bicyclic) bond motifs is 1. The summed E-state index contributed by atoms with van der Waals surface area (Å²) in [5, 5.41) is 4.57. The number of benzene rings is 2. The molecule has 1 atom stereocenters. The van der Waals surface area contributed by atoms with Gasteiger partial charge in [0.05, 0.1) is 30.2 Å². The lowest BCUT2D eigenvalue weighted by molar-refractivity contribution is -0.0408. The molecule has 8 nitrogen and oxygen atoms in total. The molecule has 0 saturated carbocycles. The van der Waals surface area contributed by atoms with E-state index in [1.807, 2.05) is 43.3 Å². The van der Waals surface area contributed by atoms with E-state index >= 15 is 0 Å². The summed E-state index contributed by atoms with van der Waals surface area (Å²) < 4.78 is 14.3. The number of oxime groups is 1. The normalized spacial score (nSPS) is 17.9. The summed E-state index contributed by atoms with van der Waals surface area (Å²) >= 11 is 0. The van der Waals surface area contributed by atoms with Crippen LogP contribution in [0.25, 0.3) is 11.1 Å². The third-order valence-electron chi connectivity index (χ3n) is 7.25. The van der Waals surface area contributed by atoms with Crippen molar-refractivity contribution in [2.45, 2.75) is 31.8 Å². The third kappa shape index (κ3) is 4.95. The number of halogens is 1. The Labute approximate surface area is 225 Å². The monoisotopic (exact) mass is 522 g/mol. The first kappa shape index (κ1) is 24.7. The molecule has 1 amide bonds. The minimum atomic E-state index is -0.312. The molecule has 1 aliphatic carbocycles. The Hall–Kier alpha value is -4.66. The van der Waals surface area contributed by atoms with Crippen molar-refractivity contribution in [2.24, 2.45) is 5.16 Å². The zero-order valence-corrected chi connectivity index (χ0v) is 21.4.